The van der Waals surface area contributed by atoms with Crippen molar-refractivity contribution in [3.8, 4) is 11.5 Å². The van der Waals surface area contributed by atoms with Crippen LogP contribution in [0.25, 0.3) is 6.08 Å². The SMILES string of the molecule is CCOc1cc(/C=C2/SC(=O)N(Cc3ccc(C(=O)OC)o3)C2=O)cc(I)c1OCc1ccc(C(=O)O)cc1. The quantitative estimate of drug-likeness (QED) is 0.167. The number of carbonyl (C=O) groups is 4. The lowest BCUT2D eigenvalue weighted by atomic mass is 10.1. The number of hydrogen-bond acceptors (Lipinski definition) is 9. The Kier molecular flexibility index (Phi) is 8.97. The molecule has 202 valence electrons. The number of furan rings is 1. The van der Waals surface area contributed by atoms with Crippen LogP contribution in [0.4, 0.5) is 4.79 Å². The summed E-state index contributed by atoms with van der Waals surface area (Å²) in [5, 5.41) is 8.60. The Morgan fingerprint density at radius 3 is 2.51 bits per heavy atom. The Morgan fingerprint density at radius 1 is 1.10 bits per heavy atom. The molecule has 1 aromatic heterocycles. The van der Waals surface area contributed by atoms with Crippen LogP contribution < -0.4 is 9.47 Å². The van der Waals surface area contributed by atoms with Gasteiger partial charge in [-0.2, -0.15) is 0 Å². The standard InChI is InChI=1S/C27H22INO9S/c1-3-36-21-11-16(10-19(28)23(21)37-14-15-4-6-17(7-5-15)25(31)32)12-22-24(30)29(27(34)39-22)13-18-8-9-20(38-18)26(33)35-2/h4-12H,3,13-14H2,1-2H3,(H,31,32)/b22-12+. The Labute approximate surface area is 241 Å². The first-order chi connectivity index (χ1) is 18.7. The van der Waals surface area contributed by atoms with Gasteiger partial charge in [0.2, 0.25) is 5.76 Å². The number of imide groups is 1. The number of aromatic carboxylic acids is 1. The molecule has 10 nitrogen and oxygen atoms in total. The van der Waals surface area contributed by atoms with E-state index in [0.29, 0.717) is 23.7 Å². The number of hydrogen-bond donors (Lipinski definition) is 1. The predicted octanol–water partition coefficient (Wildman–Crippen LogP) is 5.58. The van der Waals surface area contributed by atoms with Gasteiger partial charge in [-0.05, 0) is 94.9 Å². The number of methoxy groups -OCH3 is 1. The summed E-state index contributed by atoms with van der Waals surface area (Å²) in [6, 6.07) is 12.8. The summed E-state index contributed by atoms with van der Waals surface area (Å²) < 4.78 is 22.5. The zero-order valence-electron chi connectivity index (χ0n) is 20.8. The highest BCUT2D eigenvalue weighted by molar-refractivity contribution is 14.1. The van der Waals surface area contributed by atoms with Crippen molar-refractivity contribution in [2.75, 3.05) is 13.7 Å². The Hall–Kier alpha value is -3.78. The molecule has 2 aromatic carbocycles. The molecule has 39 heavy (non-hydrogen) atoms. The van der Waals surface area contributed by atoms with Gasteiger partial charge in [0.15, 0.2) is 11.5 Å². The van der Waals surface area contributed by atoms with Crippen molar-refractivity contribution in [1.82, 2.24) is 4.90 Å². The molecule has 3 aromatic rings. The van der Waals surface area contributed by atoms with Crippen LogP contribution in [0, 0.1) is 3.57 Å². The third-order valence-corrected chi connectivity index (χ3v) is 7.16. The van der Waals surface area contributed by atoms with Gasteiger partial charge in [0.1, 0.15) is 12.4 Å². The van der Waals surface area contributed by atoms with E-state index in [-0.39, 0.29) is 35.1 Å². The van der Waals surface area contributed by atoms with Gasteiger partial charge in [-0.1, -0.05) is 12.1 Å². The molecule has 0 radical (unpaired) electrons. The molecule has 0 atom stereocenters. The summed E-state index contributed by atoms with van der Waals surface area (Å²) in [5.41, 5.74) is 1.61. The first-order valence-corrected chi connectivity index (χ1v) is 13.4. The highest BCUT2D eigenvalue weighted by Crippen LogP contribution is 2.38. The van der Waals surface area contributed by atoms with Crippen molar-refractivity contribution in [3.63, 3.8) is 0 Å². The van der Waals surface area contributed by atoms with Gasteiger partial charge in [-0.3, -0.25) is 14.5 Å². The van der Waals surface area contributed by atoms with Crippen molar-refractivity contribution < 1.29 is 42.9 Å². The minimum Gasteiger partial charge on any atom is -0.490 e. The molecule has 0 spiro atoms. The van der Waals surface area contributed by atoms with E-state index in [2.05, 4.69) is 27.3 Å². The number of amides is 2. The fraction of sp³-hybridized carbons (Fsp3) is 0.185. The third-order valence-electron chi connectivity index (χ3n) is 5.45. The Balaban J connectivity index is 1.51. The Morgan fingerprint density at radius 2 is 1.85 bits per heavy atom. The van der Waals surface area contributed by atoms with Crippen LogP contribution >= 0.6 is 34.4 Å². The average Bonchev–Trinajstić information content (AvgIpc) is 3.48. The zero-order chi connectivity index (χ0) is 28.1. The van der Waals surface area contributed by atoms with Crippen LogP contribution in [0.2, 0.25) is 0 Å². The molecule has 12 heteroatoms. The van der Waals surface area contributed by atoms with Crippen LogP contribution in [0.5, 0.6) is 11.5 Å². The largest absolute Gasteiger partial charge is 0.490 e. The van der Waals surface area contributed by atoms with E-state index in [0.717, 1.165) is 25.8 Å². The smallest absolute Gasteiger partial charge is 0.373 e. The van der Waals surface area contributed by atoms with Crippen molar-refractivity contribution in [3.05, 3.63) is 85.2 Å². The first kappa shape index (κ1) is 28.2. The first-order valence-electron chi connectivity index (χ1n) is 11.5. The average molecular weight is 663 g/mol. The third kappa shape index (κ3) is 6.63. The highest BCUT2D eigenvalue weighted by atomic mass is 127. The van der Waals surface area contributed by atoms with Crippen LogP contribution in [-0.2, 0) is 22.7 Å². The summed E-state index contributed by atoms with van der Waals surface area (Å²) in [4.78, 5) is 49.5. The summed E-state index contributed by atoms with van der Waals surface area (Å²) in [5.74, 6) is -0.929. The van der Waals surface area contributed by atoms with Gasteiger partial charge in [-0.25, -0.2) is 9.59 Å². The maximum absolute atomic E-state index is 13.0. The molecule has 4 rings (SSSR count). The summed E-state index contributed by atoms with van der Waals surface area (Å²) in [7, 11) is 1.23. The minimum atomic E-state index is -1.00. The Bertz CT molecular complexity index is 1460. The van der Waals surface area contributed by atoms with E-state index < -0.39 is 23.1 Å². The molecule has 0 saturated carbocycles. The molecular formula is C27H22INO9S. The number of ether oxygens (including phenoxy) is 3. The molecule has 1 fully saturated rings. The summed E-state index contributed by atoms with van der Waals surface area (Å²) in [6.07, 6.45) is 1.60. The number of carboxylic acids is 1. The van der Waals surface area contributed by atoms with Gasteiger partial charge >= 0.3 is 11.9 Å². The van der Waals surface area contributed by atoms with Gasteiger partial charge in [0, 0.05) is 0 Å². The number of esters is 1. The number of carboxylic acid groups (broad SMARTS) is 1. The van der Waals surface area contributed by atoms with E-state index in [9.17, 15) is 19.2 Å². The van der Waals surface area contributed by atoms with Crippen molar-refractivity contribution in [2.24, 2.45) is 0 Å². The fourth-order valence-electron chi connectivity index (χ4n) is 3.59. The summed E-state index contributed by atoms with van der Waals surface area (Å²) in [6.45, 7) is 2.27. The normalized spacial score (nSPS) is 14.1. The lowest BCUT2D eigenvalue weighted by molar-refractivity contribution is -0.123. The molecule has 2 amide bonds. The van der Waals surface area contributed by atoms with E-state index in [4.69, 9.17) is 19.0 Å². The van der Waals surface area contributed by atoms with Gasteiger partial charge in [0.25, 0.3) is 11.1 Å². The van der Waals surface area contributed by atoms with Gasteiger partial charge < -0.3 is 23.7 Å². The van der Waals surface area contributed by atoms with Crippen molar-refractivity contribution in [2.45, 2.75) is 20.1 Å². The number of benzene rings is 2. The van der Waals surface area contributed by atoms with Gasteiger partial charge in [0.05, 0.1) is 34.3 Å². The lowest BCUT2D eigenvalue weighted by Crippen LogP contribution is -2.27. The van der Waals surface area contributed by atoms with E-state index in [1.165, 1.54) is 31.4 Å². The van der Waals surface area contributed by atoms with Crippen molar-refractivity contribution >= 4 is 63.5 Å². The minimum absolute atomic E-state index is 0.0207. The van der Waals surface area contributed by atoms with E-state index in [1.54, 1.807) is 30.3 Å². The highest BCUT2D eigenvalue weighted by Gasteiger charge is 2.36. The number of carbonyl (C=O) groups excluding carboxylic acids is 3. The summed E-state index contributed by atoms with van der Waals surface area (Å²) >= 11 is 2.90. The monoisotopic (exact) mass is 663 g/mol. The molecule has 2 heterocycles. The molecule has 1 aliphatic heterocycles. The second-order valence-corrected chi connectivity index (χ2v) is 10.2. The molecule has 0 aliphatic carbocycles. The molecule has 1 aliphatic rings. The number of halogens is 1. The molecule has 0 unspecified atom stereocenters. The van der Waals surface area contributed by atoms with Gasteiger partial charge in [-0.15, -0.1) is 0 Å². The molecule has 1 N–H and O–H groups in total. The fourth-order valence-corrected chi connectivity index (χ4v) is 5.21. The van der Waals surface area contributed by atoms with Crippen LogP contribution in [-0.4, -0.2) is 46.8 Å². The predicted molar refractivity (Wildman–Crippen MR) is 150 cm³/mol. The molecule has 0 bridgehead atoms. The topological polar surface area (TPSA) is 133 Å². The van der Waals surface area contributed by atoms with Crippen LogP contribution in [0.15, 0.2) is 57.9 Å². The van der Waals surface area contributed by atoms with Crippen LogP contribution in [0.3, 0.4) is 0 Å². The van der Waals surface area contributed by atoms with E-state index >= 15 is 0 Å². The second kappa shape index (κ2) is 12.4. The van der Waals surface area contributed by atoms with E-state index in [1.807, 2.05) is 6.92 Å². The number of nitrogens with zero attached hydrogens (tertiary/aromatic N) is 1. The maximum Gasteiger partial charge on any atom is 0.373 e. The maximum atomic E-state index is 13.0. The number of rotatable bonds is 10. The second-order valence-electron chi connectivity index (χ2n) is 8.08. The molecule has 1 saturated heterocycles. The zero-order valence-corrected chi connectivity index (χ0v) is 23.7. The van der Waals surface area contributed by atoms with Crippen LogP contribution in [0.1, 0.15) is 44.7 Å². The lowest BCUT2D eigenvalue weighted by Gasteiger charge is -2.15. The number of thioether (sulfide) groups is 1. The molecular weight excluding hydrogens is 641 g/mol. The van der Waals surface area contributed by atoms with Crippen molar-refractivity contribution in [1.29, 1.82) is 0 Å².